The van der Waals surface area contributed by atoms with Gasteiger partial charge in [-0.25, -0.2) is 8.42 Å². The fourth-order valence-electron chi connectivity index (χ4n) is 4.52. The molecule has 34 heavy (non-hydrogen) atoms. The summed E-state index contributed by atoms with van der Waals surface area (Å²) in [6.07, 6.45) is 2.27. The van der Waals surface area contributed by atoms with Crippen molar-refractivity contribution in [3.8, 4) is 0 Å². The van der Waals surface area contributed by atoms with Crippen molar-refractivity contribution in [3.05, 3.63) is 50.4 Å². The highest BCUT2D eigenvalue weighted by atomic mass is 79.9. The Balaban J connectivity index is 1.55. The average Bonchev–Trinajstić information content (AvgIpc) is 3.23. The van der Waals surface area contributed by atoms with Crippen LogP contribution < -0.4 is 10.2 Å². The minimum atomic E-state index is -3.86. The molecule has 0 aliphatic carbocycles. The first kappa shape index (κ1) is 25.3. The molecule has 2 aliphatic rings. The number of carbonyl (C=O) groups excluding carboxylic acids is 2. The molecule has 10 heteroatoms. The zero-order chi connectivity index (χ0) is 24.6. The van der Waals surface area contributed by atoms with E-state index in [2.05, 4.69) is 37.2 Å². The Hall–Kier alpha value is -1.75. The van der Waals surface area contributed by atoms with E-state index in [9.17, 15) is 18.0 Å². The summed E-state index contributed by atoms with van der Waals surface area (Å²) < 4.78 is 30.1. The van der Waals surface area contributed by atoms with E-state index >= 15 is 0 Å². The van der Waals surface area contributed by atoms with Gasteiger partial charge in [-0.1, -0.05) is 22.9 Å². The summed E-state index contributed by atoms with van der Waals surface area (Å²) in [5.41, 5.74) is 3.30. The van der Waals surface area contributed by atoms with Crippen LogP contribution in [-0.4, -0.2) is 44.2 Å². The molecule has 0 bridgehead atoms. The summed E-state index contributed by atoms with van der Waals surface area (Å²) in [7, 11) is -3.86. The van der Waals surface area contributed by atoms with Crippen LogP contribution in [0.15, 0.2) is 44.2 Å². The lowest BCUT2D eigenvalue weighted by Gasteiger charge is -2.31. The molecular weight excluding hydrogens is 586 g/mol. The first-order chi connectivity index (χ1) is 16.1. The van der Waals surface area contributed by atoms with Gasteiger partial charge in [0.15, 0.2) is 0 Å². The van der Waals surface area contributed by atoms with Crippen LogP contribution in [0.5, 0.6) is 0 Å². The van der Waals surface area contributed by atoms with Crippen molar-refractivity contribution in [1.29, 1.82) is 0 Å². The summed E-state index contributed by atoms with van der Waals surface area (Å²) in [4.78, 5) is 27.1. The van der Waals surface area contributed by atoms with E-state index in [1.807, 2.05) is 25.1 Å². The van der Waals surface area contributed by atoms with Crippen LogP contribution in [0.4, 0.5) is 11.4 Å². The van der Waals surface area contributed by atoms with Gasteiger partial charge in [0, 0.05) is 46.4 Å². The van der Waals surface area contributed by atoms with E-state index in [1.165, 1.54) is 4.31 Å². The topological polar surface area (TPSA) is 86.8 Å². The highest BCUT2D eigenvalue weighted by molar-refractivity contribution is 9.10. The summed E-state index contributed by atoms with van der Waals surface area (Å²) in [6.45, 7) is 4.76. The Labute approximate surface area is 217 Å². The zero-order valence-corrected chi connectivity index (χ0v) is 23.1. The van der Waals surface area contributed by atoms with Gasteiger partial charge in [0.2, 0.25) is 21.8 Å². The predicted octanol–water partition coefficient (Wildman–Crippen LogP) is 4.86. The number of halogens is 2. The van der Waals surface area contributed by atoms with Crippen molar-refractivity contribution < 1.29 is 18.0 Å². The minimum absolute atomic E-state index is 0.0256. The number of nitrogens with zero attached hydrogens (tertiary/aromatic N) is 2. The molecule has 0 aromatic heterocycles. The van der Waals surface area contributed by atoms with E-state index in [-0.39, 0.29) is 23.3 Å². The maximum absolute atomic E-state index is 13.6. The Morgan fingerprint density at radius 3 is 2.59 bits per heavy atom. The lowest BCUT2D eigenvalue weighted by Crippen LogP contribution is -2.43. The smallest absolute Gasteiger partial charge is 0.244 e. The molecule has 0 radical (unpaired) electrons. The first-order valence-electron chi connectivity index (χ1n) is 11.3. The molecule has 2 heterocycles. The number of aryl methyl sites for hydroxylation is 1. The summed E-state index contributed by atoms with van der Waals surface area (Å²) in [5.74, 6) is -0.657. The normalized spacial score (nSPS) is 18.6. The summed E-state index contributed by atoms with van der Waals surface area (Å²) >= 11 is 6.89. The van der Waals surface area contributed by atoms with Crippen molar-refractivity contribution >= 4 is 65.1 Å². The molecule has 1 N–H and O–H groups in total. The van der Waals surface area contributed by atoms with Crippen molar-refractivity contribution in [2.45, 2.75) is 44.4 Å². The Bertz CT molecular complexity index is 1250. The van der Waals surface area contributed by atoms with Gasteiger partial charge >= 0.3 is 0 Å². The highest BCUT2D eigenvalue weighted by Gasteiger charge is 2.36. The number of hydrogen-bond donors (Lipinski definition) is 1. The van der Waals surface area contributed by atoms with E-state index in [4.69, 9.17) is 0 Å². The molecule has 1 saturated heterocycles. The van der Waals surface area contributed by atoms with Crippen LogP contribution in [0.1, 0.15) is 37.3 Å². The van der Waals surface area contributed by atoms with Gasteiger partial charge in [-0.15, -0.1) is 0 Å². The monoisotopic (exact) mass is 611 g/mol. The predicted molar refractivity (Wildman–Crippen MR) is 139 cm³/mol. The van der Waals surface area contributed by atoms with Crippen molar-refractivity contribution in [1.82, 2.24) is 4.31 Å². The fourth-order valence-corrected chi connectivity index (χ4v) is 7.36. The molecule has 2 aromatic carbocycles. The number of amides is 2. The van der Waals surface area contributed by atoms with Crippen LogP contribution in [0.2, 0.25) is 0 Å². The molecule has 1 unspecified atom stereocenters. The number of carbonyl (C=O) groups is 2. The van der Waals surface area contributed by atoms with Crippen LogP contribution in [0.3, 0.4) is 0 Å². The third kappa shape index (κ3) is 4.96. The Morgan fingerprint density at radius 2 is 1.88 bits per heavy atom. The van der Waals surface area contributed by atoms with E-state index in [0.29, 0.717) is 54.6 Å². The molecule has 7 nitrogen and oxygen atoms in total. The minimum Gasteiger partial charge on any atom is -0.326 e. The standard InChI is InChI=1S/C24H27Br2N3O4S/c1-3-23(30)29-10-8-16-12-20(26)22(13-21(16)29)34(32,33)28-9-4-5-17(14-28)24(31)27-18-6-7-19(25)15(2)11-18/h6-7,11-13,17H,3-5,8-10,14H2,1-2H3,(H,27,31). The number of hydrogen-bond acceptors (Lipinski definition) is 4. The van der Waals surface area contributed by atoms with Crippen LogP contribution >= 0.6 is 31.9 Å². The average molecular weight is 613 g/mol. The van der Waals surface area contributed by atoms with Crippen LogP contribution in [0, 0.1) is 12.8 Å². The summed E-state index contributed by atoms with van der Waals surface area (Å²) in [6, 6.07) is 8.97. The van der Waals surface area contributed by atoms with Crippen molar-refractivity contribution in [3.63, 3.8) is 0 Å². The SMILES string of the molecule is CCC(=O)N1CCc2cc(Br)c(S(=O)(=O)N3CCCC(C(=O)Nc4ccc(Br)c(C)c4)C3)cc21. The number of rotatable bonds is 5. The lowest BCUT2D eigenvalue weighted by molar-refractivity contribution is -0.121. The number of piperidine rings is 1. The quantitative estimate of drug-likeness (QED) is 0.523. The number of nitrogens with one attached hydrogen (secondary N) is 1. The molecule has 2 aromatic rings. The maximum Gasteiger partial charge on any atom is 0.244 e. The molecule has 1 atom stereocenters. The fraction of sp³-hybridized carbons (Fsp3) is 0.417. The van der Waals surface area contributed by atoms with Crippen molar-refractivity contribution in [2.24, 2.45) is 5.92 Å². The Kier molecular flexibility index (Phi) is 7.52. The number of benzene rings is 2. The third-order valence-electron chi connectivity index (χ3n) is 6.43. The van der Waals surface area contributed by atoms with Crippen LogP contribution in [0.25, 0.3) is 0 Å². The third-order valence-corrected chi connectivity index (χ3v) is 10.1. The van der Waals surface area contributed by atoms with Gasteiger partial charge in [-0.05, 0) is 83.6 Å². The first-order valence-corrected chi connectivity index (χ1v) is 14.3. The number of anilines is 2. The molecular formula is C24H27Br2N3O4S. The maximum atomic E-state index is 13.6. The second kappa shape index (κ2) is 10.1. The Morgan fingerprint density at radius 1 is 1.12 bits per heavy atom. The van der Waals surface area contributed by atoms with E-state index in [1.54, 1.807) is 24.0 Å². The number of fused-ring (bicyclic) bond motifs is 1. The second-order valence-corrected chi connectivity index (χ2v) is 12.3. The van der Waals surface area contributed by atoms with Gasteiger partial charge in [0.25, 0.3) is 0 Å². The molecule has 2 amide bonds. The van der Waals surface area contributed by atoms with Gasteiger partial charge in [0.1, 0.15) is 0 Å². The van der Waals surface area contributed by atoms with Gasteiger partial charge in [-0.3, -0.25) is 9.59 Å². The van der Waals surface area contributed by atoms with Gasteiger partial charge in [-0.2, -0.15) is 4.31 Å². The van der Waals surface area contributed by atoms with E-state index in [0.717, 1.165) is 15.6 Å². The summed E-state index contributed by atoms with van der Waals surface area (Å²) in [5, 5.41) is 2.93. The largest absolute Gasteiger partial charge is 0.326 e. The van der Waals surface area contributed by atoms with Crippen molar-refractivity contribution in [2.75, 3.05) is 29.9 Å². The molecule has 2 aliphatic heterocycles. The molecule has 0 saturated carbocycles. The van der Waals surface area contributed by atoms with Gasteiger partial charge in [0.05, 0.1) is 10.8 Å². The van der Waals surface area contributed by atoms with Crippen LogP contribution in [-0.2, 0) is 26.0 Å². The lowest BCUT2D eigenvalue weighted by atomic mass is 9.98. The molecule has 0 spiro atoms. The molecule has 4 rings (SSSR count). The second-order valence-electron chi connectivity index (χ2n) is 8.72. The molecule has 182 valence electrons. The number of sulfonamides is 1. The van der Waals surface area contributed by atoms with Gasteiger partial charge < -0.3 is 10.2 Å². The molecule has 1 fully saturated rings. The highest BCUT2D eigenvalue weighted by Crippen LogP contribution is 2.37. The zero-order valence-electron chi connectivity index (χ0n) is 19.1. The van der Waals surface area contributed by atoms with E-state index < -0.39 is 15.9 Å².